The van der Waals surface area contributed by atoms with E-state index in [0.29, 0.717) is 6.61 Å². The number of ether oxygens (including phenoxy) is 1. The van der Waals surface area contributed by atoms with E-state index >= 15 is 0 Å². The Balaban J connectivity index is 1.31. The van der Waals surface area contributed by atoms with Crippen LogP contribution in [0.2, 0.25) is 0 Å². The molecule has 3 aromatic rings. The summed E-state index contributed by atoms with van der Waals surface area (Å²) >= 11 is 3.42. The number of halogens is 1. The fourth-order valence-electron chi connectivity index (χ4n) is 3.54. The molecule has 0 radical (unpaired) electrons. The number of hydrogen-bond acceptors (Lipinski definition) is 4. The zero-order valence-corrected chi connectivity index (χ0v) is 17.2. The van der Waals surface area contributed by atoms with Gasteiger partial charge in [0.2, 0.25) is 0 Å². The molecule has 1 aliphatic heterocycles. The molecule has 2 aromatic carbocycles. The van der Waals surface area contributed by atoms with E-state index in [2.05, 4.69) is 25.9 Å². The highest BCUT2D eigenvalue weighted by molar-refractivity contribution is 9.10. The number of piperidine rings is 1. The Morgan fingerprint density at radius 3 is 2.46 bits per heavy atom. The second-order valence-corrected chi connectivity index (χ2v) is 7.85. The monoisotopic (exact) mass is 442 g/mol. The average molecular weight is 443 g/mol. The number of hydrogen-bond donors (Lipinski definition) is 0. The van der Waals surface area contributed by atoms with Crippen molar-refractivity contribution in [3.05, 3.63) is 75.9 Å². The van der Waals surface area contributed by atoms with E-state index in [0.717, 1.165) is 48.4 Å². The second kappa shape index (κ2) is 8.75. The van der Waals surface area contributed by atoms with E-state index in [1.54, 1.807) is 15.6 Å². The molecule has 1 fully saturated rings. The lowest BCUT2D eigenvalue weighted by atomic mass is 10.1. The lowest BCUT2D eigenvalue weighted by molar-refractivity contribution is 0.151. The Morgan fingerprint density at radius 1 is 1.04 bits per heavy atom. The largest absolute Gasteiger partial charge is 0.492 e. The molecule has 6 nitrogen and oxygen atoms in total. The van der Waals surface area contributed by atoms with Gasteiger partial charge in [-0.1, -0.05) is 34.1 Å². The van der Waals surface area contributed by atoms with Gasteiger partial charge in [-0.05, 0) is 49.2 Å². The van der Waals surface area contributed by atoms with Gasteiger partial charge in [-0.25, -0.2) is 14.0 Å². The van der Waals surface area contributed by atoms with E-state index < -0.39 is 0 Å². The predicted molar refractivity (Wildman–Crippen MR) is 112 cm³/mol. The minimum absolute atomic E-state index is 0.0758. The number of nitrogens with zero attached hydrogens (tertiary/aromatic N) is 4. The highest BCUT2D eigenvalue weighted by atomic mass is 79.9. The molecule has 2 heterocycles. The molecule has 1 aliphatic rings. The first kappa shape index (κ1) is 19.0. The molecule has 0 unspecified atom stereocenters. The van der Waals surface area contributed by atoms with Crippen LogP contribution in [-0.4, -0.2) is 45.5 Å². The third kappa shape index (κ3) is 4.36. The first-order valence-electron chi connectivity index (χ1n) is 9.53. The quantitative estimate of drug-likeness (QED) is 0.585. The van der Waals surface area contributed by atoms with Crippen molar-refractivity contribution >= 4 is 15.9 Å². The molecule has 146 valence electrons. The summed E-state index contributed by atoms with van der Waals surface area (Å²) in [5.41, 5.74) is 0.753. The van der Waals surface area contributed by atoms with E-state index in [4.69, 9.17) is 4.74 Å². The van der Waals surface area contributed by atoms with E-state index in [1.807, 2.05) is 54.6 Å². The number of rotatable bonds is 6. The van der Waals surface area contributed by atoms with Crippen LogP contribution < -0.4 is 10.4 Å². The predicted octanol–water partition coefficient (Wildman–Crippen LogP) is 3.51. The van der Waals surface area contributed by atoms with E-state index in [9.17, 15) is 4.79 Å². The molecular weight excluding hydrogens is 420 g/mol. The third-order valence-corrected chi connectivity index (χ3v) is 5.65. The molecular formula is C21H23BrN4O2. The first-order chi connectivity index (χ1) is 13.7. The van der Waals surface area contributed by atoms with Crippen molar-refractivity contribution in [1.82, 2.24) is 19.2 Å². The van der Waals surface area contributed by atoms with Gasteiger partial charge in [0.1, 0.15) is 18.7 Å². The fraction of sp³-hybridized carbons (Fsp3) is 0.333. The maximum atomic E-state index is 12.8. The van der Waals surface area contributed by atoms with Crippen LogP contribution in [0.3, 0.4) is 0 Å². The fourth-order valence-corrected chi connectivity index (χ4v) is 3.81. The highest BCUT2D eigenvalue weighted by Gasteiger charge is 2.23. The lowest BCUT2D eigenvalue weighted by Crippen LogP contribution is -2.39. The summed E-state index contributed by atoms with van der Waals surface area (Å²) in [5.74, 6) is 0.905. The van der Waals surface area contributed by atoms with Gasteiger partial charge >= 0.3 is 5.69 Å². The standard InChI is InChI=1S/C21H23BrN4O2/c22-17-6-8-18(9-7-17)25-16-23-26(21(25)27)19-10-12-24(13-11-19)14-15-28-20-4-2-1-3-5-20/h1-9,16,19H,10-15H2. The highest BCUT2D eigenvalue weighted by Crippen LogP contribution is 2.21. The van der Waals surface area contributed by atoms with Crippen molar-refractivity contribution in [2.24, 2.45) is 0 Å². The Kier molecular flexibility index (Phi) is 5.92. The van der Waals surface area contributed by atoms with Crippen LogP contribution in [0.25, 0.3) is 5.69 Å². The van der Waals surface area contributed by atoms with Gasteiger partial charge in [0.25, 0.3) is 0 Å². The third-order valence-electron chi connectivity index (χ3n) is 5.12. The molecule has 4 rings (SSSR count). The Hall–Kier alpha value is -2.38. The molecule has 0 saturated carbocycles. The van der Waals surface area contributed by atoms with Crippen molar-refractivity contribution in [1.29, 1.82) is 0 Å². The zero-order chi connectivity index (χ0) is 19.3. The molecule has 0 aliphatic carbocycles. The summed E-state index contributed by atoms with van der Waals surface area (Å²) < 4.78 is 10.0. The van der Waals surface area contributed by atoms with Crippen molar-refractivity contribution in [3.63, 3.8) is 0 Å². The molecule has 1 aromatic heterocycles. The van der Waals surface area contributed by atoms with Crippen molar-refractivity contribution < 1.29 is 4.74 Å². The Labute approximate surface area is 172 Å². The van der Waals surface area contributed by atoms with Crippen LogP contribution in [0.1, 0.15) is 18.9 Å². The Bertz CT molecular complexity index is 945. The molecule has 7 heteroatoms. The molecule has 0 spiro atoms. The van der Waals surface area contributed by atoms with E-state index in [-0.39, 0.29) is 11.7 Å². The minimum atomic E-state index is -0.0758. The molecule has 0 atom stereocenters. The van der Waals surface area contributed by atoms with E-state index in [1.165, 1.54) is 0 Å². The van der Waals surface area contributed by atoms with Gasteiger partial charge in [0.15, 0.2) is 0 Å². The summed E-state index contributed by atoms with van der Waals surface area (Å²) in [4.78, 5) is 15.2. The summed E-state index contributed by atoms with van der Waals surface area (Å²) in [6, 6.07) is 17.7. The summed E-state index contributed by atoms with van der Waals surface area (Å²) in [6.45, 7) is 3.46. The number of benzene rings is 2. The van der Waals surface area contributed by atoms with Crippen molar-refractivity contribution in [3.8, 4) is 11.4 Å². The maximum absolute atomic E-state index is 12.8. The second-order valence-electron chi connectivity index (χ2n) is 6.94. The molecule has 0 N–H and O–H groups in total. The maximum Gasteiger partial charge on any atom is 0.350 e. The Morgan fingerprint density at radius 2 is 1.75 bits per heavy atom. The van der Waals surface area contributed by atoms with Crippen LogP contribution >= 0.6 is 15.9 Å². The van der Waals surface area contributed by atoms with Crippen molar-refractivity contribution in [2.45, 2.75) is 18.9 Å². The number of aromatic nitrogens is 3. The smallest absolute Gasteiger partial charge is 0.350 e. The van der Waals surface area contributed by atoms with Crippen LogP contribution in [0, 0.1) is 0 Å². The topological polar surface area (TPSA) is 52.3 Å². The first-order valence-corrected chi connectivity index (χ1v) is 10.3. The van der Waals surface area contributed by atoms with Gasteiger partial charge in [0.05, 0.1) is 11.7 Å². The molecule has 0 bridgehead atoms. The summed E-state index contributed by atoms with van der Waals surface area (Å²) in [7, 11) is 0. The molecule has 28 heavy (non-hydrogen) atoms. The van der Waals surface area contributed by atoms with Gasteiger partial charge in [0, 0.05) is 24.1 Å². The van der Waals surface area contributed by atoms with Gasteiger partial charge < -0.3 is 4.74 Å². The van der Waals surface area contributed by atoms with Gasteiger partial charge in [-0.2, -0.15) is 5.10 Å². The van der Waals surface area contributed by atoms with Crippen molar-refractivity contribution in [2.75, 3.05) is 26.2 Å². The van der Waals surface area contributed by atoms with Gasteiger partial charge in [-0.15, -0.1) is 0 Å². The normalized spacial score (nSPS) is 15.6. The summed E-state index contributed by atoms with van der Waals surface area (Å²) in [6.07, 6.45) is 3.46. The lowest BCUT2D eigenvalue weighted by Gasteiger charge is -2.31. The molecule has 0 amide bonds. The SMILES string of the molecule is O=c1n(-c2ccc(Br)cc2)cnn1C1CCN(CCOc2ccccc2)CC1. The zero-order valence-electron chi connectivity index (χ0n) is 15.6. The minimum Gasteiger partial charge on any atom is -0.492 e. The van der Waals surface area contributed by atoms with Crippen LogP contribution in [-0.2, 0) is 0 Å². The number of para-hydroxylation sites is 1. The van der Waals surface area contributed by atoms with Gasteiger partial charge in [-0.3, -0.25) is 4.90 Å². The number of likely N-dealkylation sites (tertiary alicyclic amines) is 1. The van der Waals surface area contributed by atoms with Crippen LogP contribution in [0.15, 0.2) is 70.2 Å². The molecule has 1 saturated heterocycles. The average Bonchev–Trinajstić information content (AvgIpc) is 3.11. The van der Waals surface area contributed by atoms with Crippen LogP contribution in [0.5, 0.6) is 5.75 Å². The summed E-state index contributed by atoms with van der Waals surface area (Å²) in [5, 5.41) is 4.38. The van der Waals surface area contributed by atoms with Crippen LogP contribution in [0.4, 0.5) is 0 Å².